The van der Waals surface area contributed by atoms with Gasteiger partial charge in [-0.2, -0.15) is 16.9 Å². The quantitative estimate of drug-likeness (QED) is 0.880. The second-order valence-electron chi connectivity index (χ2n) is 5.03. The van der Waals surface area contributed by atoms with Gasteiger partial charge in [-0.1, -0.05) is 24.3 Å². The fraction of sp³-hybridized carbons (Fsp3) is 0.400. The first-order valence-corrected chi connectivity index (χ1v) is 7.94. The summed E-state index contributed by atoms with van der Waals surface area (Å²) >= 11 is 2.08. The van der Waals surface area contributed by atoms with E-state index >= 15 is 0 Å². The van der Waals surface area contributed by atoms with Gasteiger partial charge >= 0.3 is 0 Å². The van der Waals surface area contributed by atoms with Gasteiger partial charge in [-0.15, -0.1) is 0 Å². The van der Waals surface area contributed by atoms with Gasteiger partial charge in [-0.3, -0.25) is 5.10 Å². The highest BCUT2D eigenvalue weighted by molar-refractivity contribution is 7.99. The molecule has 1 unspecified atom stereocenters. The third-order valence-corrected chi connectivity index (χ3v) is 4.78. The number of H-pyrrole nitrogens is 1. The first-order chi connectivity index (χ1) is 9.42. The molecule has 4 heteroatoms. The average molecular weight is 273 g/mol. The van der Waals surface area contributed by atoms with Crippen molar-refractivity contribution in [3.05, 3.63) is 42.1 Å². The van der Waals surface area contributed by atoms with Gasteiger partial charge < -0.3 is 5.32 Å². The van der Waals surface area contributed by atoms with E-state index in [-0.39, 0.29) is 0 Å². The fourth-order valence-electron chi connectivity index (χ4n) is 2.38. The number of thioether (sulfide) groups is 1. The lowest BCUT2D eigenvalue weighted by atomic mass is 10.1. The molecule has 1 aromatic heterocycles. The van der Waals surface area contributed by atoms with Gasteiger partial charge in [0.1, 0.15) is 0 Å². The Kier molecular flexibility index (Phi) is 4.20. The van der Waals surface area contributed by atoms with Crippen molar-refractivity contribution < 1.29 is 0 Å². The summed E-state index contributed by atoms with van der Waals surface area (Å²) in [6.07, 6.45) is 3.15. The molecule has 0 saturated carbocycles. The standard InChI is InChI=1S/C15H19N3S/c1-3-14(15-5-7-17-18-15)4-2-12(1)9-16-10-13-6-8-19-11-13/h1-5,7,13,16H,6,8-11H2,(H,17,18). The zero-order chi connectivity index (χ0) is 12.9. The Hall–Kier alpha value is -1.26. The molecule has 1 fully saturated rings. The van der Waals surface area contributed by atoms with Crippen molar-refractivity contribution in [1.29, 1.82) is 0 Å². The molecule has 3 rings (SSSR count). The summed E-state index contributed by atoms with van der Waals surface area (Å²) in [6, 6.07) is 10.7. The van der Waals surface area contributed by atoms with E-state index in [0.29, 0.717) is 0 Å². The van der Waals surface area contributed by atoms with E-state index in [4.69, 9.17) is 0 Å². The van der Waals surface area contributed by atoms with Gasteiger partial charge in [0, 0.05) is 12.7 Å². The number of aromatic amines is 1. The van der Waals surface area contributed by atoms with Crippen LogP contribution in [0.15, 0.2) is 36.5 Å². The van der Waals surface area contributed by atoms with Crippen molar-refractivity contribution in [2.24, 2.45) is 5.92 Å². The lowest BCUT2D eigenvalue weighted by Gasteiger charge is -2.10. The maximum atomic E-state index is 3.98. The third-order valence-electron chi connectivity index (χ3n) is 3.55. The Labute approximate surface area is 118 Å². The van der Waals surface area contributed by atoms with Crippen LogP contribution in [0.2, 0.25) is 0 Å². The van der Waals surface area contributed by atoms with Crippen LogP contribution in [-0.2, 0) is 6.54 Å². The number of aromatic nitrogens is 2. The summed E-state index contributed by atoms with van der Waals surface area (Å²) in [5.74, 6) is 3.53. The first-order valence-electron chi connectivity index (χ1n) is 6.79. The van der Waals surface area contributed by atoms with E-state index in [9.17, 15) is 0 Å². The lowest BCUT2D eigenvalue weighted by Crippen LogP contribution is -2.22. The minimum atomic E-state index is 0.870. The molecule has 1 aliphatic rings. The number of benzene rings is 1. The predicted molar refractivity (Wildman–Crippen MR) is 81.2 cm³/mol. The largest absolute Gasteiger partial charge is 0.312 e. The van der Waals surface area contributed by atoms with Crippen LogP contribution in [0.5, 0.6) is 0 Å². The molecule has 1 atom stereocenters. The van der Waals surface area contributed by atoms with Gasteiger partial charge in [0.05, 0.1) is 5.69 Å². The predicted octanol–water partition coefficient (Wildman–Crippen LogP) is 2.92. The van der Waals surface area contributed by atoms with E-state index in [1.54, 1.807) is 6.20 Å². The Bertz CT molecular complexity index is 487. The number of rotatable bonds is 5. The van der Waals surface area contributed by atoms with Crippen molar-refractivity contribution in [2.45, 2.75) is 13.0 Å². The molecule has 19 heavy (non-hydrogen) atoms. The van der Waals surface area contributed by atoms with Crippen molar-refractivity contribution in [3.8, 4) is 11.3 Å². The average Bonchev–Trinajstić information content (AvgIpc) is 3.13. The molecule has 0 bridgehead atoms. The summed E-state index contributed by atoms with van der Waals surface area (Å²) in [5.41, 5.74) is 3.60. The van der Waals surface area contributed by atoms with Gasteiger partial charge in [0.25, 0.3) is 0 Å². The second kappa shape index (κ2) is 6.26. The van der Waals surface area contributed by atoms with Crippen LogP contribution < -0.4 is 5.32 Å². The molecule has 2 heterocycles. The minimum absolute atomic E-state index is 0.870. The highest BCUT2D eigenvalue weighted by Gasteiger charge is 2.14. The van der Waals surface area contributed by atoms with Crippen LogP contribution in [0, 0.1) is 5.92 Å². The van der Waals surface area contributed by atoms with Crippen molar-refractivity contribution in [3.63, 3.8) is 0 Å². The smallest absolute Gasteiger partial charge is 0.0650 e. The molecule has 2 aromatic rings. The van der Waals surface area contributed by atoms with E-state index in [1.807, 2.05) is 6.07 Å². The van der Waals surface area contributed by atoms with E-state index in [2.05, 4.69) is 51.5 Å². The number of hydrogen-bond acceptors (Lipinski definition) is 3. The highest BCUT2D eigenvalue weighted by atomic mass is 32.2. The summed E-state index contributed by atoms with van der Waals surface area (Å²) < 4.78 is 0. The maximum absolute atomic E-state index is 3.98. The Morgan fingerprint density at radius 2 is 2.16 bits per heavy atom. The van der Waals surface area contributed by atoms with Crippen LogP contribution in [-0.4, -0.2) is 28.2 Å². The summed E-state index contributed by atoms with van der Waals surface area (Å²) in [6.45, 7) is 2.11. The number of nitrogens with one attached hydrogen (secondary N) is 2. The van der Waals surface area contributed by atoms with Gasteiger partial charge in [0.2, 0.25) is 0 Å². The highest BCUT2D eigenvalue weighted by Crippen LogP contribution is 2.22. The van der Waals surface area contributed by atoms with E-state index < -0.39 is 0 Å². The van der Waals surface area contributed by atoms with Crippen LogP contribution in [0.25, 0.3) is 11.3 Å². The summed E-state index contributed by atoms with van der Waals surface area (Å²) in [4.78, 5) is 0. The maximum Gasteiger partial charge on any atom is 0.0650 e. The molecule has 0 spiro atoms. The second-order valence-corrected chi connectivity index (χ2v) is 6.18. The molecule has 3 nitrogen and oxygen atoms in total. The number of hydrogen-bond donors (Lipinski definition) is 2. The summed E-state index contributed by atoms with van der Waals surface area (Å²) in [7, 11) is 0. The summed E-state index contributed by atoms with van der Waals surface area (Å²) in [5, 5.41) is 10.5. The molecule has 0 amide bonds. The SMILES string of the molecule is c1cc(-c2ccc(CNCC3CCSC3)cc2)[nH]n1. The monoisotopic (exact) mass is 273 g/mol. The lowest BCUT2D eigenvalue weighted by molar-refractivity contribution is 0.523. The topological polar surface area (TPSA) is 40.7 Å². The van der Waals surface area contributed by atoms with Crippen LogP contribution in [0.4, 0.5) is 0 Å². The van der Waals surface area contributed by atoms with Gasteiger partial charge in [0.15, 0.2) is 0 Å². The van der Waals surface area contributed by atoms with Crippen molar-refractivity contribution in [1.82, 2.24) is 15.5 Å². The number of nitrogens with zero attached hydrogens (tertiary/aromatic N) is 1. The fourth-order valence-corrected chi connectivity index (χ4v) is 3.67. The Morgan fingerprint density at radius 1 is 1.26 bits per heavy atom. The molecular formula is C15H19N3S. The zero-order valence-corrected chi connectivity index (χ0v) is 11.7. The molecule has 0 radical (unpaired) electrons. The van der Waals surface area contributed by atoms with Crippen LogP contribution in [0.1, 0.15) is 12.0 Å². The molecular weight excluding hydrogens is 254 g/mol. The molecule has 1 saturated heterocycles. The minimum Gasteiger partial charge on any atom is -0.312 e. The Morgan fingerprint density at radius 3 is 2.84 bits per heavy atom. The van der Waals surface area contributed by atoms with Crippen molar-refractivity contribution >= 4 is 11.8 Å². The first kappa shape index (κ1) is 12.8. The van der Waals surface area contributed by atoms with E-state index in [1.165, 1.54) is 29.1 Å². The third kappa shape index (κ3) is 3.39. The van der Waals surface area contributed by atoms with Gasteiger partial charge in [-0.05, 0) is 47.6 Å². The zero-order valence-electron chi connectivity index (χ0n) is 10.9. The molecule has 1 aliphatic heterocycles. The Balaban J connectivity index is 1.51. The van der Waals surface area contributed by atoms with Crippen LogP contribution >= 0.6 is 11.8 Å². The molecule has 2 N–H and O–H groups in total. The molecule has 100 valence electrons. The normalized spacial score (nSPS) is 18.8. The molecule has 1 aromatic carbocycles. The van der Waals surface area contributed by atoms with Gasteiger partial charge in [-0.25, -0.2) is 0 Å². The van der Waals surface area contributed by atoms with E-state index in [0.717, 1.165) is 24.7 Å². The molecule has 0 aliphatic carbocycles. The van der Waals surface area contributed by atoms with Crippen LogP contribution in [0.3, 0.4) is 0 Å². The van der Waals surface area contributed by atoms with Crippen molar-refractivity contribution in [2.75, 3.05) is 18.1 Å².